The predicted molar refractivity (Wildman–Crippen MR) is 78.6 cm³/mol. The van der Waals surface area contributed by atoms with Crippen LogP contribution in [0.15, 0.2) is 18.2 Å². The molecular formula is C15H25NO4. The first-order chi connectivity index (χ1) is 9.83. The molecule has 0 saturated carbocycles. The number of hydrogen-bond acceptors (Lipinski definition) is 5. The molecule has 0 unspecified atom stereocenters. The van der Waals surface area contributed by atoms with E-state index in [1.807, 2.05) is 25.1 Å². The number of methoxy groups -OCH3 is 1. The van der Waals surface area contributed by atoms with Crippen molar-refractivity contribution in [2.75, 3.05) is 46.7 Å². The first-order valence-electron chi connectivity index (χ1n) is 6.97. The van der Waals surface area contributed by atoms with Gasteiger partial charge in [-0.2, -0.15) is 0 Å². The van der Waals surface area contributed by atoms with E-state index in [1.54, 1.807) is 7.11 Å². The minimum Gasteiger partial charge on any atom is -0.490 e. The first-order valence-corrected chi connectivity index (χ1v) is 6.97. The molecule has 5 nitrogen and oxygen atoms in total. The first kappa shape index (κ1) is 16.8. The van der Waals surface area contributed by atoms with Gasteiger partial charge >= 0.3 is 0 Å². The molecule has 114 valence electrons. The lowest BCUT2D eigenvalue weighted by Gasteiger charge is -2.15. The van der Waals surface area contributed by atoms with Gasteiger partial charge in [-0.25, -0.2) is 0 Å². The van der Waals surface area contributed by atoms with E-state index in [9.17, 15) is 0 Å². The minimum absolute atomic E-state index is 0.478. The van der Waals surface area contributed by atoms with E-state index < -0.39 is 0 Å². The maximum Gasteiger partial charge on any atom is 0.164 e. The Kier molecular flexibility index (Phi) is 8.78. The predicted octanol–water partition coefficient (Wildman–Crippen LogP) is 1.63. The lowest BCUT2D eigenvalue weighted by atomic mass is 10.1. The van der Waals surface area contributed by atoms with Crippen LogP contribution in [0.5, 0.6) is 11.5 Å². The molecule has 2 N–H and O–H groups in total. The zero-order valence-electron chi connectivity index (χ0n) is 12.4. The SMILES string of the molecule is CCOc1cccc(CCN)c1OCCOCCOC. The molecule has 0 aliphatic rings. The van der Waals surface area contributed by atoms with Crippen molar-refractivity contribution >= 4 is 0 Å². The molecule has 1 aromatic rings. The number of hydrogen-bond donors (Lipinski definition) is 1. The highest BCUT2D eigenvalue weighted by Crippen LogP contribution is 2.31. The topological polar surface area (TPSA) is 62.9 Å². The normalized spacial score (nSPS) is 10.6. The van der Waals surface area contributed by atoms with Crippen LogP contribution in [0.3, 0.4) is 0 Å². The lowest BCUT2D eigenvalue weighted by Crippen LogP contribution is -2.12. The molecule has 0 bridgehead atoms. The largest absolute Gasteiger partial charge is 0.490 e. The van der Waals surface area contributed by atoms with Gasteiger partial charge in [-0.15, -0.1) is 0 Å². The quantitative estimate of drug-likeness (QED) is 0.625. The molecule has 0 atom stereocenters. The van der Waals surface area contributed by atoms with Crippen molar-refractivity contribution in [3.8, 4) is 11.5 Å². The highest BCUT2D eigenvalue weighted by molar-refractivity contribution is 5.46. The van der Waals surface area contributed by atoms with Crippen molar-refractivity contribution < 1.29 is 18.9 Å². The summed E-state index contributed by atoms with van der Waals surface area (Å²) in [5.74, 6) is 1.53. The van der Waals surface area contributed by atoms with Gasteiger partial charge in [0.1, 0.15) is 6.61 Å². The van der Waals surface area contributed by atoms with Gasteiger partial charge in [-0.05, 0) is 31.5 Å². The molecule has 0 aliphatic heterocycles. The van der Waals surface area contributed by atoms with Crippen molar-refractivity contribution in [2.24, 2.45) is 5.73 Å². The lowest BCUT2D eigenvalue weighted by molar-refractivity contribution is 0.0537. The van der Waals surface area contributed by atoms with Crippen LogP contribution in [0.25, 0.3) is 0 Å². The number of rotatable bonds is 11. The van der Waals surface area contributed by atoms with Gasteiger partial charge in [0.05, 0.1) is 26.4 Å². The van der Waals surface area contributed by atoms with E-state index in [4.69, 9.17) is 24.7 Å². The Labute approximate surface area is 121 Å². The van der Waals surface area contributed by atoms with Gasteiger partial charge in [-0.3, -0.25) is 0 Å². The zero-order valence-corrected chi connectivity index (χ0v) is 12.4. The third-order valence-electron chi connectivity index (χ3n) is 2.68. The third kappa shape index (κ3) is 5.77. The van der Waals surface area contributed by atoms with E-state index >= 15 is 0 Å². The fourth-order valence-corrected chi connectivity index (χ4v) is 1.79. The van der Waals surface area contributed by atoms with Crippen LogP contribution in [0.2, 0.25) is 0 Å². The Morgan fingerprint density at radius 3 is 2.55 bits per heavy atom. The van der Waals surface area contributed by atoms with Gasteiger partial charge in [0.25, 0.3) is 0 Å². The van der Waals surface area contributed by atoms with Crippen LogP contribution in [0, 0.1) is 0 Å². The summed E-state index contributed by atoms with van der Waals surface area (Å²) in [6, 6.07) is 5.87. The second-order valence-corrected chi connectivity index (χ2v) is 4.17. The van der Waals surface area contributed by atoms with Crippen LogP contribution in [-0.2, 0) is 15.9 Å². The minimum atomic E-state index is 0.478. The Bertz CT molecular complexity index is 347. The summed E-state index contributed by atoms with van der Waals surface area (Å²) < 4.78 is 21.7. The number of nitrogens with two attached hydrogens (primary N) is 1. The van der Waals surface area contributed by atoms with Crippen molar-refractivity contribution in [3.05, 3.63) is 23.8 Å². The molecule has 0 heterocycles. The second kappa shape index (κ2) is 10.5. The van der Waals surface area contributed by atoms with Crippen molar-refractivity contribution in [1.29, 1.82) is 0 Å². The van der Waals surface area contributed by atoms with E-state index in [0.29, 0.717) is 39.6 Å². The van der Waals surface area contributed by atoms with Crippen molar-refractivity contribution in [1.82, 2.24) is 0 Å². The van der Waals surface area contributed by atoms with E-state index in [1.165, 1.54) is 0 Å². The van der Waals surface area contributed by atoms with E-state index in [-0.39, 0.29) is 0 Å². The van der Waals surface area contributed by atoms with Gasteiger partial charge < -0.3 is 24.7 Å². The van der Waals surface area contributed by atoms with Gasteiger partial charge in [0.15, 0.2) is 11.5 Å². The molecule has 0 aliphatic carbocycles. The number of ether oxygens (including phenoxy) is 4. The summed E-state index contributed by atoms with van der Waals surface area (Å²) in [7, 11) is 1.65. The molecule has 0 fully saturated rings. The van der Waals surface area contributed by atoms with E-state index in [0.717, 1.165) is 23.5 Å². The molecule has 0 radical (unpaired) electrons. The second-order valence-electron chi connectivity index (χ2n) is 4.17. The summed E-state index contributed by atoms with van der Waals surface area (Å²) in [6.45, 7) is 5.30. The van der Waals surface area contributed by atoms with Crippen LogP contribution < -0.4 is 15.2 Å². The maximum atomic E-state index is 5.81. The molecule has 1 aromatic carbocycles. The molecule has 0 spiro atoms. The fourth-order valence-electron chi connectivity index (χ4n) is 1.79. The fraction of sp³-hybridized carbons (Fsp3) is 0.600. The number of benzene rings is 1. The molecule has 20 heavy (non-hydrogen) atoms. The summed E-state index contributed by atoms with van der Waals surface area (Å²) in [5.41, 5.74) is 6.69. The molecular weight excluding hydrogens is 258 g/mol. The zero-order chi connectivity index (χ0) is 14.6. The van der Waals surface area contributed by atoms with Crippen molar-refractivity contribution in [3.63, 3.8) is 0 Å². The van der Waals surface area contributed by atoms with Crippen LogP contribution in [-0.4, -0.2) is 46.7 Å². The average Bonchev–Trinajstić information content (AvgIpc) is 2.45. The summed E-state index contributed by atoms with van der Waals surface area (Å²) in [6.07, 6.45) is 0.765. The molecule has 0 aromatic heterocycles. The molecule has 0 amide bonds. The third-order valence-corrected chi connectivity index (χ3v) is 2.68. The van der Waals surface area contributed by atoms with Gasteiger partial charge in [0.2, 0.25) is 0 Å². The highest BCUT2D eigenvalue weighted by atomic mass is 16.5. The smallest absolute Gasteiger partial charge is 0.164 e. The van der Waals surface area contributed by atoms with Crippen LogP contribution in [0.1, 0.15) is 12.5 Å². The Balaban J connectivity index is 2.55. The summed E-state index contributed by atoms with van der Waals surface area (Å²) >= 11 is 0. The van der Waals surface area contributed by atoms with Gasteiger partial charge in [-0.1, -0.05) is 12.1 Å². The average molecular weight is 283 g/mol. The standard InChI is InChI=1S/C15H25NO4/c1-3-19-14-6-4-5-13(7-8-16)15(14)20-12-11-18-10-9-17-2/h4-6H,3,7-12,16H2,1-2H3. The monoisotopic (exact) mass is 283 g/mol. The molecule has 0 saturated heterocycles. The molecule has 5 heteroatoms. The molecule has 1 rings (SSSR count). The van der Waals surface area contributed by atoms with E-state index in [2.05, 4.69) is 0 Å². The summed E-state index contributed by atoms with van der Waals surface area (Å²) in [4.78, 5) is 0. The highest BCUT2D eigenvalue weighted by Gasteiger charge is 2.10. The Morgan fingerprint density at radius 2 is 1.85 bits per heavy atom. The maximum absolute atomic E-state index is 5.81. The van der Waals surface area contributed by atoms with Crippen molar-refractivity contribution in [2.45, 2.75) is 13.3 Å². The van der Waals surface area contributed by atoms with Crippen LogP contribution in [0.4, 0.5) is 0 Å². The Morgan fingerprint density at radius 1 is 1.05 bits per heavy atom. The van der Waals surface area contributed by atoms with Gasteiger partial charge in [0, 0.05) is 7.11 Å². The Hall–Kier alpha value is -1.30. The van der Waals surface area contributed by atoms with Crippen LogP contribution >= 0.6 is 0 Å². The number of para-hydroxylation sites is 1. The summed E-state index contributed by atoms with van der Waals surface area (Å²) in [5, 5.41) is 0.